The largest absolute Gasteiger partial charge is 0.379 e. The average molecular weight is 372 g/mol. The predicted molar refractivity (Wildman–Crippen MR) is 93.1 cm³/mol. The van der Waals surface area contributed by atoms with E-state index in [1.54, 1.807) is 12.1 Å². The number of hydrogen-bond donors (Lipinski definition) is 1. The van der Waals surface area contributed by atoms with Gasteiger partial charge >= 0.3 is 0 Å². The smallest absolute Gasteiger partial charge is 0.220 e. The molecule has 1 heterocycles. The molecule has 0 saturated carbocycles. The predicted octanol–water partition coefficient (Wildman–Crippen LogP) is 1.17. The van der Waals surface area contributed by atoms with Crippen LogP contribution in [0.5, 0.6) is 0 Å². The van der Waals surface area contributed by atoms with E-state index in [2.05, 4.69) is 5.32 Å². The minimum atomic E-state index is -3.34. The molecule has 2 atom stereocenters. The second-order valence-electron chi connectivity index (χ2n) is 6.51. The van der Waals surface area contributed by atoms with Gasteiger partial charge in [0.05, 0.1) is 25.0 Å². The van der Waals surface area contributed by atoms with Crippen LogP contribution in [0.3, 0.4) is 0 Å². The van der Waals surface area contributed by atoms with Crippen LogP contribution < -0.4 is 5.32 Å². The van der Waals surface area contributed by atoms with E-state index in [1.165, 1.54) is 30.5 Å². The third-order valence-corrected chi connectivity index (χ3v) is 6.27. The van der Waals surface area contributed by atoms with E-state index in [1.807, 2.05) is 0 Å². The number of halogens is 1. The monoisotopic (exact) mass is 372 g/mol. The van der Waals surface area contributed by atoms with Crippen molar-refractivity contribution in [1.29, 1.82) is 0 Å². The number of ether oxygens (including phenoxy) is 1. The van der Waals surface area contributed by atoms with Gasteiger partial charge in [-0.15, -0.1) is 0 Å². The third kappa shape index (κ3) is 6.05. The van der Waals surface area contributed by atoms with E-state index >= 15 is 0 Å². The average Bonchev–Trinajstić information content (AvgIpc) is 2.95. The van der Waals surface area contributed by atoms with Crippen LogP contribution in [0.1, 0.15) is 18.4 Å². The van der Waals surface area contributed by atoms with Gasteiger partial charge in [-0.2, -0.15) is 0 Å². The lowest BCUT2D eigenvalue weighted by atomic mass is 10.1. The van der Waals surface area contributed by atoms with E-state index in [0.29, 0.717) is 32.5 Å². The second-order valence-corrected chi connectivity index (χ2v) is 8.74. The Morgan fingerprint density at radius 1 is 1.28 bits per heavy atom. The first-order valence-corrected chi connectivity index (χ1v) is 9.90. The maximum atomic E-state index is 12.8. The lowest BCUT2D eigenvalue weighted by Crippen LogP contribution is -2.43. The van der Waals surface area contributed by atoms with Crippen molar-refractivity contribution < 1.29 is 22.3 Å². The lowest BCUT2D eigenvalue weighted by molar-refractivity contribution is -0.122. The number of benzene rings is 1. The standard InChI is InChI=1S/C17H25FN2O4S/c1-20(2)25(22,23)12-14-10-24-11-16(14)19-17(21)5-3-4-13-6-8-15(18)9-7-13/h6-9,14,16H,3-5,10-12H2,1-2H3,(H,19,21)/t14-,16+/m0/s1. The number of hydrogen-bond acceptors (Lipinski definition) is 4. The highest BCUT2D eigenvalue weighted by atomic mass is 32.2. The summed E-state index contributed by atoms with van der Waals surface area (Å²) in [5, 5.41) is 2.88. The molecule has 0 unspecified atom stereocenters. The quantitative estimate of drug-likeness (QED) is 0.743. The molecule has 2 rings (SSSR count). The number of aryl methyl sites for hydroxylation is 1. The molecule has 1 N–H and O–H groups in total. The van der Waals surface area contributed by atoms with Crippen LogP contribution in [-0.2, 0) is 26.0 Å². The van der Waals surface area contributed by atoms with Gasteiger partial charge in [0.25, 0.3) is 0 Å². The minimum absolute atomic E-state index is 0.0411. The summed E-state index contributed by atoms with van der Waals surface area (Å²) in [5.41, 5.74) is 0.980. The second kappa shape index (κ2) is 8.73. The molecular formula is C17H25FN2O4S. The molecule has 140 valence electrons. The van der Waals surface area contributed by atoms with Crippen LogP contribution in [0.25, 0.3) is 0 Å². The molecule has 25 heavy (non-hydrogen) atoms. The van der Waals surface area contributed by atoms with Crippen molar-refractivity contribution in [3.8, 4) is 0 Å². The van der Waals surface area contributed by atoms with Crippen LogP contribution in [0.4, 0.5) is 4.39 Å². The van der Waals surface area contributed by atoms with E-state index in [0.717, 1.165) is 5.56 Å². The van der Waals surface area contributed by atoms with Crippen LogP contribution in [-0.4, -0.2) is 57.7 Å². The van der Waals surface area contributed by atoms with Gasteiger partial charge in [-0.3, -0.25) is 4.79 Å². The maximum absolute atomic E-state index is 12.8. The van der Waals surface area contributed by atoms with Gasteiger partial charge in [0.15, 0.2) is 0 Å². The zero-order valence-electron chi connectivity index (χ0n) is 14.6. The normalized spacial score (nSPS) is 20.8. The fraction of sp³-hybridized carbons (Fsp3) is 0.588. The summed E-state index contributed by atoms with van der Waals surface area (Å²) >= 11 is 0. The zero-order valence-corrected chi connectivity index (χ0v) is 15.4. The molecule has 1 aromatic rings. The highest BCUT2D eigenvalue weighted by molar-refractivity contribution is 7.89. The third-order valence-electron chi connectivity index (χ3n) is 4.31. The van der Waals surface area contributed by atoms with Crippen molar-refractivity contribution in [2.75, 3.05) is 33.1 Å². The lowest BCUT2D eigenvalue weighted by Gasteiger charge is -2.21. The van der Waals surface area contributed by atoms with Crippen LogP contribution in [0.2, 0.25) is 0 Å². The molecule has 1 amide bonds. The van der Waals surface area contributed by atoms with Crippen molar-refractivity contribution in [1.82, 2.24) is 9.62 Å². The molecule has 1 aliphatic heterocycles. The molecule has 0 aromatic heterocycles. The van der Waals surface area contributed by atoms with Crippen molar-refractivity contribution in [2.45, 2.75) is 25.3 Å². The molecular weight excluding hydrogens is 347 g/mol. The Kier molecular flexibility index (Phi) is 6.92. The van der Waals surface area contributed by atoms with E-state index < -0.39 is 10.0 Å². The number of amides is 1. The zero-order chi connectivity index (χ0) is 18.4. The van der Waals surface area contributed by atoms with E-state index in [9.17, 15) is 17.6 Å². The summed E-state index contributed by atoms with van der Waals surface area (Å²) in [6.45, 7) is 0.658. The molecule has 0 bridgehead atoms. The number of rotatable bonds is 8. The van der Waals surface area contributed by atoms with Crippen LogP contribution in [0.15, 0.2) is 24.3 Å². The van der Waals surface area contributed by atoms with E-state index in [4.69, 9.17) is 4.74 Å². The Morgan fingerprint density at radius 2 is 1.96 bits per heavy atom. The SMILES string of the molecule is CN(C)S(=O)(=O)C[C@@H]1COC[C@H]1NC(=O)CCCc1ccc(F)cc1. The molecule has 0 radical (unpaired) electrons. The molecule has 1 aliphatic rings. The fourth-order valence-electron chi connectivity index (χ4n) is 2.73. The van der Waals surface area contributed by atoms with Crippen molar-refractivity contribution in [3.63, 3.8) is 0 Å². The topological polar surface area (TPSA) is 75.7 Å². The van der Waals surface area contributed by atoms with Gasteiger partial charge in [0.1, 0.15) is 5.82 Å². The number of nitrogens with zero attached hydrogens (tertiary/aromatic N) is 1. The highest BCUT2D eigenvalue weighted by Crippen LogP contribution is 2.17. The van der Waals surface area contributed by atoms with Crippen molar-refractivity contribution in [2.24, 2.45) is 5.92 Å². The first-order valence-electron chi connectivity index (χ1n) is 8.29. The Morgan fingerprint density at radius 3 is 2.60 bits per heavy atom. The highest BCUT2D eigenvalue weighted by Gasteiger charge is 2.33. The van der Waals surface area contributed by atoms with Gasteiger partial charge in [-0.1, -0.05) is 12.1 Å². The van der Waals surface area contributed by atoms with Crippen LogP contribution >= 0.6 is 0 Å². The van der Waals surface area contributed by atoms with Gasteiger partial charge in [0.2, 0.25) is 15.9 Å². The van der Waals surface area contributed by atoms with Gasteiger partial charge in [0, 0.05) is 26.4 Å². The number of carbonyl (C=O) groups excluding carboxylic acids is 1. The maximum Gasteiger partial charge on any atom is 0.220 e. The first kappa shape index (κ1) is 19.8. The van der Waals surface area contributed by atoms with Gasteiger partial charge in [-0.25, -0.2) is 17.1 Å². The Balaban J connectivity index is 1.78. The van der Waals surface area contributed by atoms with Gasteiger partial charge in [-0.05, 0) is 30.5 Å². The summed E-state index contributed by atoms with van der Waals surface area (Å²) in [7, 11) is -0.347. The van der Waals surface area contributed by atoms with Gasteiger partial charge < -0.3 is 10.1 Å². The summed E-state index contributed by atoms with van der Waals surface area (Å²) in [5.74, 6) is -0.680. The molecule has 6 nitrogen and oxygen atoms in total. The molecule has 1 fully saturated rings. The molecule has 0 aliphatic carbocycles. The number of nitrogens with one attached hydrogen (secondary N) is 1. The fourth-order valence-corrected chi connectivity index (χ4v) is 3.89. The van der Waals surface area contributed by atoms with Crippen LogP contribution in [0, 0.1) is 11.7 Å². The van der Waals surface area contributed by atoms with E-state index in [-0.39, 0.29) is 29.4 Å². The molecule has 1 saturated heterocycles. The number of carbonyl (C=O) groups is 1. The van der Waals surface area contributed by atoms with Crippen molar-refractivity contribution >= 4 is 15.9 Å². The first-order chi connectivity index (χ1) is 11.8. The summed E-state index contributed by atoms with van der Waals surface area (Å²) in [6, 6.07) is 5.94. The van der Waals surface area contributed by atoms with Crippen molar-refractivity contribution in [3.05, 3.63) is 35.6 Å². The Bertz CT molecular complexity index is 676. The summed E-state index contributed by atoms with van der Waals surface area (Å²) < 4.78 is 43.4. The Hall–Kier alpha value is -1.51. The molecule has 8 heteroatoms. The minimum Gasteiger partial charge on any atom is -0.379 e. The summed E-state index contributed by atoms with van der Waals surface area (Å²) in [4.78, 5) is 12.1. The Labute approximate surface area is 148 Å². The molecule has 0 spiro atoms. The summed E-state index contributed by atoms with van der Waals surface area (Å²) in [6.07, 6.45) is 1.67. The number of sulfonamides is 1. The molecule has 1 aromatic carbocycles.